The van der Waals surface area contributed by atoms with E-state index in [1.165, 1.54) is 60.0 Å². The summed E-state index contributed by atoms with van der Waals surface area (Å²) >= 11 is 0. The van der Waals surface area contributed by atoms with Gasteiger partial charge in [0.1, 0.15) is 11.2 Å². The summed E-state index contributed by atoms with van der Waals surface area (Å²) in [6.07, 6.45) is 6.55. The van der Waals surface area contributed by atoms with E-state index < -0.39 is 0 Å². The molecule has 2 aromatic heterocycles. The summed E-state index contributed by atoms with van der Waals surface area (Å²) in [5, 5.41) is 4.48. The zero-order chi connectivity index (χ0) is 40.5. The van der Waals surface area contributed by atoms with Crippen molar-refractivity contribution in [3.63, 3.8) is 0 Å². The summed E-state index contributed by atoms with van der Waals surface area (Å²) in [6, 6.07) is 66.6. The maximum Gasteiger partial charge on any atom is 0.159 e. The highest BCUT2D eigenvalue weighted by Crippen LogP contribution is 2.72. The van der Waals surface area contributed by atoms with Gasteiger partial charge in [-0.05, 0) is 133 Å². The molecule has 4 heteroatoms. The number of hydrogen-bond donors (Lipinski definition) is 0. The lowest BCUT2D eigenvalue weighted by atomic mass is 9.43. The van der Waals surface area contributed by atoms with Crippen molar-refractivity contribution in [1.82, 2.24) is 0 Å². The lowest BCUT2D eigenvalue weighted by Crippen LogP contribution is -2.55. The van der Waals surface area contributed by atoms with Crippen molar-refractivity contribution < 1.29 is 8.83 Å². The van der Waals surface area contributed by atoms with E-state index >= 15 is 0 Å². The second kappa shape index (κ2) is 13.0. The van der Waals surface area contributed by atoms with Crippen LogP contribution in [-0.4, -0.2) is 0 Å². The predicted octanol–water partition coefficient (Wildman–Crippen LogP) is 16.1. The Balaban J connectivity index is 1.16. The van der Waals surface area contributed by atoms with Crippen LogP contribution in [-0.2, 0) is 5.41 Å². The first kappa shape index (κ1) is 34.6. The summed E-state index contributed by atoms with van der Waals surface area (Å²) in [5.41, 5.74) is 15.7. The molecule has 0 saturated heterocycles. The number of rotatable bonds is 6. The van der Waals surface area contributed by atoms with Crippen LogP contribution < -0.4 is 9.80 Å². The maximum atomic E-state index is 7.01. The quantitative estimate of drug-likeness (QED) is 0.168. The van der Waals surface area contributed by atoms with Crippen LogP contribution in [0.4, 0.5) is 34.1 Å². The fourth-order valence-electron chi connectivity index (χ4n) is 13.4. The van der Waals surface area contributed by atoms with Gasteiger partial charge in [0.2, 0.25) is 0 Å². The summed E-state index contributed by atoms with van der Waals surface area (Å²) in [4.78, 5) is 5.06. The predicted molar refractivity (Wildman–Crippen MR) is 254 cm³/mol. The van der Waals surface area contributed by atoms with Gasteiger partial charge >= 0.3 is 0 Å². The number of anilines is 6. The average Bonchev–Trinajstić information content (AvgIpc) is 3.99. The van der Waals surface area contributed by atoms with Crippen molar-refractivity contribution in [1.29, 1.82) is 0 Å². The second-order valence-electron chi connectivity index (χ2n) is 18.4. The molecular weight excluding hydrogens is 757 g/mol. The molecule has 8 aromatic carbocycles. The molecule has 0 radical (unpaired) electrons. The van der Waals surface area contributed by atoms with Crippen molar-refractivity contribution in [2.45, 2.75) is 37.5 Å². The molecule has 4 saturated carbocycles. The van der Waals surface area contributed by atoms with E-state index in [0.717, 1.165) is 84.1 Å². The molecule has 15 rings (SSSR count). The van der Waals surface area contributed by atoms with Crippen LogP contribution in [0.5, 0.6) is 0 Å². The molecule has 0 amide bonds. The molecule has 0 atom stereocenters. The number of furan rings is 2. The van der Waals surface area contributed by atoms with Crippen molar-refractivity contribution in [3.05, 3.63) is 193 Å². The Bertz CT molecular complexity index is 3370. The lowest BCUT2D eigenvalue weighted by Gasteiger charge is -2.61. The molecule has 0 aliphatic heterocycles. The molecule has 5 aliphatic rings. The normalized spacial score (nSPS) is 21.9. The molecule has 298 valence electrons. The van der Waals surface area contributed by atoms with Gasteiger partial charge in [-0.2, -0.15) is 0 Å². The Labute approximate surface area is 360 Å². The van der Waals surface area contributed by atoms with Crippen LogP contribution in [0, 0.1) is 23.7 Å². The summed E-state index contributed by atoms with van der Waals surface area (Å²) < 4.78 is 13.9. The molecule has 10 aromatic rings. The third kappa shape index (κ3) is 4.67. The Hall–Kier alpha value is -7.04. The lowest BCUT2D eigenvalue weighted by molar-refractivity contribution is -0.0397. The largest absolute Gasteiger partial charge is 0.454 e. The van der Waals surface area contributed by atoms with Crippen LogP contribution >= 0.6 is 0 Å². The standard InChI is InChI=1S/C58H44N2O2/c1-3-15-40(16-4-1)59(50-25-13-22-46-43-20-8-11-27-52(43)61-56(46)50)49-30-29-45-42-19-7-10-24-48(42)58(38-32-36-31-37(34-38)35-39(58)33-36)54(45)55(49)60(41-17-5-2-6-18-41)51-26-14-23-47-44-21-9-12-28-53(44)62-57(47)51/h1-30,36-39H,31-35H2. The van der Waals surface area contributed by atoms with Crippen LogP contribution in [0.25, 0.3) is 55.0 Å². The van der Waals surface area contributed by atoms with Gasteiger partial charge in [-0.3, -0.25) is 0 Å². The molecule has 4 bridgehead atoms. The van der Waals surface area contributed by atoms with Crippen molar-refractivity contribution in [2.24, 2.45) is 23.7 Å². The molecule has 5 aliphatic carbocycles. The molecule has 0 N–H and O–H groups in total. The van der Waals surface area contributed by atoms with Crippen LogP contribution in [0.3, 0.4) is 0 Å². The molecule has 0 unspecified atom stereocenters. The molecular formula is C58H44N2O2. The van der Waals surface area contributed by atoms with Crippen LogP contribution in [0.2, 0.25) is 0 Å². The van der Waals surface area contributed by atoms with Crippen LogP contribution in [0.1, 0.15) is 43.2 Å². The summed E-state index contributed by atoms with van der Waals surface area (Å²) in [5.74, 6) is 2.73. The minimum Gasteiger partial charge on any atom is -0.454 e. The number of benzene rings is 8. The van der Waals surface area contributed by atoms with E-state index in [1.54, 1.807) is 0 Å². The minimum absolute atomic E-state index is 0.146. The SMILES string of the molecule is c1ccc(N(c2ccc3c(c2N(c2ccccc2)c2cccc4c2oc2ccccc24)C2(c4ccccc4-3)C3CC4CC(C3)CC2C4)c2cccc3c2oc2ccccc23)cc1. The topological polar surface area (TPSA) is 32.8 Å². The van der Waals surface area contributed by atoms with Crippen LogP contribution in [0.15, 0.2) is 191 Å². The molecule has 4 nitrogen and oxygen atoms in total. The highest BCUT2D eigenvalue weighted by molar-refractivity contribution is 6.14. The fourth-order valence-corrected chi connectivity index (χ4v) is 13.4. The average molecular weight is 801 g/mol. The summed E-state index contributed by atoms with van der Waals surface area (Å²) in [6.45, 7) is 0. The Morgan fingerprint density at radius 3 is 1.50 bits per heavy atom. The van der Waals surface area contributed by atoms with E-state index in [2.05, 4.69) is 192 Å². The third-order valence-electron chi connectivity index (χ3n) is 15.4. The Morgan fingerprint density at radius 1 is 0.387 bits per heavy atom. The zero-order valence-corrected chi connectivity index (χ0v) is 34.4. The number of nitrogens with zero attached hydrogens (tertiary/aromatic N) is 2. The van der Waals surface area contributed by atoms with E-state index in [1.807, 2.05) is 0 Å². The monoisotopic (exact) mass is 800 g/mol. The smallest absolute Gasteiger partial charge is 0.159 e. The molecule has 4 fully saturated rings. The van der Waals surface area contributed by atoms with E-state index in [0.29, 0.717) is 11.8 Å². The second-order valence-corrected chi connectivity index (χ2v) is 18.4. The first-order chi connectivity index (χ1) is 30.7. The van der Waals surface area contributed by atoms with Gasteiger partial charge in [0.25, 0.3) is 0 Å². The molecule has 2 heterocycles. The summed E-state index contributed by atoms with van der Waals surface area (Å²) in [7, 11) is 0. The molecule has 1 spiro atoms. The third-order valence-corrected chi connectivity index (χ3v) is 15.4. The minimum atomic E-state index is -0.146. The van der Waals surface area contributed by atoms with E-state index in [4.69, 9.17) is 8.83 Å². The highest BCUT2D eigenvalue weighted by Gasteiger charge is 2.63. The van der Waals surface area contributed by atoms with Gasteiger partial charge in [-0.15, -0.1) is 0 Å². The first-order valence-electron chi connectivity index (χ1n) is 22.5. The van der Waals surface area contributed by atoms with Gasteiger partial charge in [0.05, 0.1) is 22.7 Å². The van der Waals surface area contributed by atoms with Gasteiger partial charge < -0.3 is 18.6 Å². The number of para-hydroxylation sites is 6. The van der Waals surface area contributed by atoms with Crippen molar-refractivity contribution >= 4 is 78.0 Å². The first-order valence-corrected chi connectivity index (χ1v) is 22.5. The zero-order valence-electron chi connectivity index (χ0n) is 34.4. The van der Waals surface area contributed by atoms with Crippen molar-refractivity contribution in [3.8, 4) is 11.1 Å². The number of fused-ring (bicyclic) bond motifs is 9. The van der Waals surface area contributed by atoms with Gasteiger partial charge in [-0.25, -0.2) is 0 Å². The van der Waals surface area contributed by atoms with Gasteiger partial charge in [-0.1, -0.05) is 127 Å². The van der Waals surface area contributed by atoms with E-state index in [9.17, 15) is 0 Å². The highest BCUT2D eigenvalue weighted by atomic mass is 16.3. The Kier molecular flexibility index (Phi) is 7.26. The van der Waals surface area contributed by atoms with E-state index in [-0.39, 0.29) is 5.41 Å². The van der Waals surface area contributed by atoms with Gasteiger partial charge in [0.15, 0.2) is 11.2 Å². The number of hydrogen-bond acceptors (Lipinski definition) is 4. The molecule has 62 heavy (non-hydrogen) atoms. The van der Waals surface area contributed by atoms with Crippen molar-refractivity contribution in [2.75, 3.05) is 9.80 Å². The Morgan fingerprint density at radius 2 is 0.887 bits per heavy atom. The maximum absolute atomic E-state index is 7.01. The fraction of sp³-hybridized carbons (Fsp3) is 0.172. The van der Waals surface area contributed by atoms with Gasteiger partial charge in [0, 0.05) is 38.3 Å².